The molecule has 0 bridgehead atoms. The van der Waals surface area contributed by atoms with Crippen LogP contribution in [-0.2, 0) is 9.53 Å². The number of amides is 1. The van der Waals surface area contributed by atoms with E-state index in [1.54, 1.807) is 19.0 Å². The van der Waals surface area contributed by atoms with Crippen LogP contribution < -0.4 is 5.73 Å². The van der Waals surface area contributed by atoms with E-state index in [9.17, 15) is 9.59 Å². The first-order valence-corrected chi connectivity index (χ1v) is 3.27. The van der Waals surface area contributed by atoms with E-state index in [0.29, 0.717) is 0 Å². The first kappa shape index (κ1) is 10.7. The van der Waals surface area contributed by atoms with E-state index < -0.39 is 18.2 Å². The van der Waals surface area contributed by atoms with Gasteiger partial charge in [-0.05, 0) is 14.1 Å². The number of nitrogens with zero attached hydrogens (tertiary/aromatic N) is 1. The Morgan fingerprint density at radius 1 is 1.58 bits per heavy atom. The normalized spacial score (nSPS) is 12.6. The number of nitrogens with two attached hydrogens (primary N) is 1. The highest BCUT2D eigenvalue weighted by molar-refractivity contribution is 5.76. The fourth-order valence-electron chi connectivity index (χ4n) is 0.638. The largest absolute Gasteiger partial charge is 0.478 e. The predicted octanol–water partition coefficient (Wildman–Crippen LogP) is -0.903. The summed E-state index contributed by atoms with van der Waals surface area (Å²) in [5.41, 5.74) is 4.66. The van der Waals surface area contributed by atoms with E-state index in [1.165, 1.54) is 0 Å². The van der Waals surface area contributed by atoms with Crippen molar-refractivity contribution >= 4 is 12.1 Å². The van der Waals surface area contributed by atoms with Gasteiger partial charge in [-0.25, -0.2) is 9.59 Å². The third-order valence-electron chi connectivity index (χ3n) is 1.06. The number of carboxylic acids is 1. The average molecular weight is 176 g/mol. The minimum absolute atomic E-state index is 0.109. The number of likely N-dealkylation sites (N-methyl/N-ethyl adjacent to an activating group) is 1. The lowest BCUT2D eigenvalue weighted by molar-refractivity contribution is -0.147. The van der Waals surface area contributed by atoms with Gasteiger partial charge in [0.25, 0.3) is 0 Å². The smallest absolute Gasteiger partial charge is 0.405 e. The monoisotopic (exact) mass is 176 g/mol. The lowest BCUT2D eigenvalue weighted by Gasteiger charge is -2.16. The minimum atomic E-state index is -1.21. The molecular weight excluding hydrogens is 164 g/mol. The number of primary amides is 1. The van der Waals surface area contributed by atoms with Crippen LogP contribution in [0, 0.1) is 0 Å². The van der Waals surface area contributed by atoms with Crippen LogP contribution in [0.25, 0.3) is 0 Å². The lowest BCUT2D eigenvalue weighted by Crippen LogP contribution is -2.38. The molecule has 0 aliphatic carbocycles. The Bertz CT molecular complexity index is 180. The fourth-order valence-corrected chi connectivity index (χ4v) is 0.638. The van der Waals surface area contributed by atoms with Crippen molar-refractivity contribution in [3.63, 3.8) is 0 Å². The molecule has 3 N–H and O–H groups in total. The summed E-state index contributed by atoms with van der Waals surface area (Å²) in [6.07, 6.45) is -2.28. The van der Waals surface area contributed by atoms with Gasteiger partial charge in [0, 0.05) is 6.54 Å². The molecule has 0 aromatic heterocycles. The number of hydrogen-bond acceptors (Lipinski definition) is 4. The van der Waals surface area contributed by atoms with E-state index in [1.807, 2.05) is 0 Å². The van der Waals surface area contributed by atoms with Crippen molar-refractivity contribution in [1.82, 2.24) is 4.90 Å². The van der Waals surface area contributed by atoms with Crippen LogP contribution in [0.15, 0.2) is 0 Å². The molecule has 1 unspecified atom stereocenters. The molecule has 0 fully saturated rings. The molecule has 12 heavy (non-hydrogen) atoms. The first-order chi connectivity index (χ1) is 5.43. The molecule has 0 aromatic rings. The number of carbonyl (C=O) groups excluding carboxylic acids is 1. The van der Waals surface area contributed by atoms with Crippen LogP contribution in [0.1, 0.15) is 0 Å². The molecule has 6 nitrogen and oxygen atoms in total. The van der Waals surface area contributed by atoms with Crippen molar-refractivity contribution in [3.05, 3.63) is 0 Å². The van der Waals surface area contributed by atoms with Crippen molar-refractivity contribution < 1.29 is 19.4 Å². The van der Waals surface area contributed by atoms with E-state index >= 15 is 0 Å². The predicted molar refractivity (Wildman–Crippen MR) is 40.6 cm³/mol. The van der Waals surface area contributed by atoms with E-state index in [0.717, 1.165) is 0 Å². The van der Waals surface area contributed by atoms with Gasteiger partial charge >= 0.3 is 12.1 Å². The van der Waals surface area contributed by atoms with Crippen LogP contribution in [-0.4, -0.2) is 48.8 Å². The van der Waals surface area contributed by atoms with Crippen LogP contribution in [0.5, 0.6) is 0 Å². The van der Waals surface area contributed by atoms with Crippen LogP contribution >= 0.6 is 0 Å². The Kier molecular flexibility index (Phi) is 4.06. The maximum Gasteiger partial charge on any atom is 0.405 e. The van der Waals surface area contributed by atoms with Gasteiger partial charge < -0.3 is 20.5 Å². The Morgan fingerprint density at radius 2 is 2.08 bits per heavy atom. The maximum absolute atomic E-state index is 10.4. The average Bonchev–Trinajstić information content (AvgIpc) is 1.83. The van der Waals surface area contributed by atoms with Gasteiger partial charge in [0.05, 0.1) is 0 Å². The second kappa shape index (κ2) is 4.55. The summed E-state index contributed by atoms with van der Waals surface area (Å²) in [6, 6.07) is 0. The summed E-state index contributed by atoms with van der Waals surface area (Å²) in [7, 11) is 3.33. The van der Waals surface area contributed by atoms with Crippen molar-refractivity contribution in [3.8, 4) is 0 Å². The second-order valence-corrected chi connectivity index (χ2v) is 2.53. The zero-order valence-corrected chi connectivity index (χ0v) is 6.98. The summed E-state index contributed by atoms with van der Waals surface area (Å²) in [5, 5.41) is 8.51. The molecule has 70 valence electrons. The van der Waals surface area contributed by atoms with Crippen LogP contribution in [0.3, 0.4) is 0 Å². The van der Waals surface area contributed by atoms with Crippen LogP contribution in [0.2, 0.25) is 0 Å². The number of carbonyl (C=O) groups is 2. The third-order valence-corrected chi connectivity index (χ3v) is 1.06. The maximum atomic E-state index is 10.4. The van der Waals surface area contributed by atoms with Gasteiger partial charge in [-0.15, -0.1) is 0 Å². The first-order valence-electron chi connectivity index (χ1n) is 3.27. The Morgan fingerprint density at radius 3 is 2.33 bits per heavy atom. The van der Waals surface area contributed by atoms with Gasteiger partial charge in [0.15, 0.2) is 0 Å². The lowest BCUT2D eigenvalue weighted by atomic mass is 10.3. The van der Waals surface area contributed by atoms with Gasteiger partial charge in [-0.1, -0.05) is 0 Å². The zero-order chi connectivity index (χ0) is 9.72. The summed E-state index contributed by atoms with van der Waals surface area (Å²) < 4.78 is 4.32. The summed E-state index contributed by atoms with van der Waals surface area (Å²) >= 11 is 0. The highest BCUT2D eigenvalue weighted by Crippen LogP contribution is 1.94. The minimum Gasteiger partial charge on any atom is -0.478 e. The number of rotatable bonds is 4. The highest BCUT2D eigenvalue weighted by Gasteiger charge is 2.21. The zero-order valence-electron chi connectivity index (χ0n) is 6.98. The Balaban J connectivity index is 4.04. The number of ether oxygens (including phenoxy) is 1. The third kappa shape index (κ3) is 4.51. The topological polar surface area (TPSA) is 92.9 Å². The fraction of sp³-hybridized carbons (Fsp3) is 0.667. The van der Waals surface area contributed by atoms with E-state index in [4.69, 9.17) is 5.11 Å². The number of carboxylic acid groups (broad SMARTS) is 1. The van der Waals surface area contributed by atoms with Gasteiger partial charge in [0.2, 0.25) is 6.10 Å². The molecule has 0 aliphatic heterocycles. The van der Waals surface area contributed by atoms with Gasteiger partial charge in [-0.3, -0.25) is 0 Å². The SMILES string of the molecule is CN(C)CC(OC(N)=O)C(=O)O. The van der Waals surface area contributed by atoms with E-state index in [2.05, 4.69) is 10.5 Å². The molecular formula is C6H12N2O4. The Labute approximate surface area is 69.9 Å². The second-order valence-electron chi connectivity index (χ2n) is 2.53. The summed E-state index contributed by atoms with van der Waals surface area (Å²) in [4.78, 5) is 22.2. The molecule has 0 radical (unpaired) electrons. The molecule has 0 spiro atoms. The molecule has 1 atom stereocenters. The van der Waals surface area contributed by atoms with Crippen molar-refractivity contribution in [1.29, 1.82) is 0 Å². The standard InChI is InChI=1S/C6H12N2O4/c1-8(2)3-4(5(9)10)12-6(7)11/h4H,3H2,1-2H3,(H2,7,11)(H,9,10). The summed E-state index contributed by atoms with van der Waals surface area (Å²) in [6.45, 7) is 0.109. The van der Waals surface area contributed by atoms with E-state index in [-0.39, 0.29) is 6.54 Å². The van der Waals surface area contributed by atoms with Crippen molar-refractivity contribution in [2.24, 2.45) is 5.73 Å². The molecule has 0 rings (SSSR count). The quantitative estimate of drug-likeness (QED) is 0.578. The molecule has 0 aliphatic rings. The van der Waals surface area contributed by atoms with Crippen molar-refractivity contribution in [2.45, 2.75) is 6.10 Å². The number of hydrogen-bond donors (Lipinski definition) is 2. The molecule has 0 saturated heterocycles. The van der Waals surface area contributed by atoms with Crippen molar-refractivity contribution in [2.75, 3.05) is 20.6 Å². The van der Waals surface area contributed by atoms with Gasteiger partial charge in [0.1, 0.15) is 0 Å². The molecule has 0 heterocycles. The molecule has 6 heteroatoms. The Hall–Kier alpha value is -1.30. The highest BCUT2D eigenvalue weighted by atomic mass is 16.6. The molecule has 1 amide bonds. The van der Waals surface area contributed by atoms with Gasteiger partial charge in [-0.2, -0.15) is 0 Å². The van der Waals surface area contributed by atoms with Crippen LogP contribution in [0.4, 0.5) is 4.79 Å². The number of aliphatic carboxylic acids is 1. The molecule has 0 saturated carbocycles. The molecule has 0 aromatic carbocycles. The summed E-state index contributed by atoms with van der Waals surface area (Å²) in [5.74, 6) is -1.21.